The van der Waals surface area contributed by atoms with Gasteiger partial charge in [0.2, 0.25) is 0 Å². The van der Waals surface area contributed by atoms with E-state index in [-0.39, 0.29) is 0 Å². The fourth-order valence-electron chi connectivity index (χ4n) is 0.610. The zero-order chi connectivity index (χ0) is 12.3. The summed E-state index contributed by atoms with van der Waals surface area (Å²) in [4.78, 5) is 17.1. The highest BCUT2D eigenvalue weighted by atomic mass is 31.2. The maximum atomic E-state index is 10.5. The van der Waals surface area contributed by atoms with E-state index in [0.29, 0.717) is 0 Å². The highest BCUT2D eigenvalue weighted by Gasteiger charge is 2.04. The zero-order valence-electron chi connectivity index (χ0n) is 9.42. The lowest BCUT2D eigenvalue weighted by atomic mass is 10.2. The van der Waals surface area contributed by atoms with Crippen LogP contribution in [0.5, 0.6) is 0 Å². The van der Waals surface area contributed by atoms with E-state index >= 15 is 0 Å². The van der Waals surface area contributed by atoms with Gasteiger partial charge in [0.1, 0.15) is 0 Å². The van der Waals surface area contributed by atoms with Crippen molar-refractivity contribution in [1.82, 2.24) is 0 Å². The van der Waals surface area contributed by atoms with Crippen molar-refractivity contribution in [3.8, 4) is 0 Å². The second kappa shape index (κ2) is 9.66. The first-order valence-corrected chi connectivity index (χ1v) is 6.37. The summed E-state index contributed by atoms with van der Waals surface area (Å²) in [5.41, 5.74) is 0.725. The molecule has 0 aliphatic heterocycles. The van der Waals surface area contributed by atoms with Gasteiger partial charge in [0.15, 0.2) is 0 Å². The van der Waals surface area contributed by atoms with E-state index in [4.69, 9.17) is 9.79 Å². The Balaban J connectivity index is 0. The Morgan fingerprint density at radius 2 is 1.80 bits per heavy atom. The first kappa shape index (κ1) is 16.5. The van der Waals surface area contributed by atoms with E-state index in [1.54, 1.807) is 31.2 Å². The molecule has 0 aromatic rings. The number of hydrogen-bond acceptors (Lipinski definition) is 1. The van der Waals surface area contributed by atoms with Gasteiger partial charge in [-0.3, -0.25) is 4.57 Å². The maximum absolute atomic E-state index is 10.5. The Labute approximate surface area is 91.7 Å². The molecule has 4 heteroatoms. The second-order valence-corrected chi connectivity index (χ2v) is 3.76. The summed E-state index contributed by atoms with van der Waals surface area (Å²) in [5, 5.41) is 0. The second-order valence-electron chi connectivity index (χ2n) is 2.29. The van der Waals surface area contributed by atoms with Crippen molar-refractivity contribution in [3.63, 3.8) is 0 Å². The van der Waals surface area contributed by atoms with Gasteiger partial charge in [0.05, 0.1) is 0 Å². The van der Waals surface area contributed by atoms with Gasteiger partial charge >= 0.3 is 7.60 Å². The van der Waals surface area contributed by atoms with E-state index in [2.05, 4.69) is 6.58 Å². The summed E-state index contributed by atoms with van der Waals surface area (Å²) in [6, 6.07) is 0. The van der Waals surface area contributed by atoms with Crippen LogP contribution in [-0.4, -0.2) is 9.79 Å². The molecule has 0 aromatic carbocycles. The molecule has 0 fully saturated rings. The van der Waals surface area contributed by atoms with Gasteiger partial charge in [0.25, 0.3) is 0 Å². The Bertz CT molecular complexity index is 295. The van der Waals surface area contributed by atoms with Crippen molar-refractivity contribution < 1.29 is 14.4 Å². The molecule has 0 bridgehead atoms. The molecule has 0 saturated heterocycles. The third-order valence-electron chi connectivity index (χ3n) is 1.22. The standard InChI is InChI=1S/C9H13O3P.C2H6/c1-3-5-6-9(4-2)7-8-13(10,11)12;1-2/h3-8H,1H2,2H3,(H2,10,11,12);1-2H3/b6-5-,8-7+,9-4+;. The zero-order valence-corrected chi connectivity index (χ0v) is 10.3. The summed E-state index contributed by atoms with van der Waals surface area (Å²) in [6.07, 6.45) is 8.11. The van der Waals surface area contributed by atoms with Gasteiger partial charge in [-0.25, -0.2) is 0 Å². The summed E-state index contributed by atoms with van der Waals surface area (Å²) in [7, 11) is -4.05. The SMILES string of the molecule is C=C\C=C/C(/C=C/P(=O)(O)O)=C\C.CC. The Hall–Kier alpha value is -0.890. The van der Waals surface area contributed by atoms with Crippen LogP contribution in [0.15, 0.2) is 48.3 Å². The summed E-state index contributed by atoms with van der Waals surface area (Å²) in [5.74, 6) is 0.871. The minimum atomic E-state index is -4.05. The van der Waals surface area contributed by atoms with Crippen LogP contribution in [0.25, 0.3) is 0 Å². The molecule has 0 radical (unpaired) electrons. The van der Waals surface area contributed by atoms with Crippen molar-refractivity contribution in [2.75, 3.05) is 0 Å². The molecule has 0 amide bonds. The molecule has 0 rings (SSSR count). The highest BCUT2D eigenvalue weighted by molar-refractivity contribution is 7.55. The van der Waals surface area contributed by atoms with E-state index in [0.717, 1.165) is 11.4 Å². The summed E-state index contributed by atoms with van der Waals surface area (Å²) >= 11 is 0. The topological polar surface area (TPSA) is 57.5 Å². The average Bonchev–Trinajstić information content (AvgIpc) is 2.20. The predicted molar refractivity (Wildman–Crippen MR) is 65.6 cm³/mol. The van der Waals surface area contributed by atoms with Crippen LogP contribution in [-0.2, 0) is 4.57 Å². The molecular formula is C11H19O3P. The molecule has 0 aliphatic carbocycles. The van der Waals surface area contributed by atoms with Crippen molar-refractivity contribution in [3.05, 3.63) is 48.3 Å². The van der Waals surface area contributed by atoms with Crippen LogP contribution in [0.4, 0.5) is 0 Å². The van der Waals surface area contributed by atoms with E-state index in [9.17, 15) is 4.57 Å². The van der Waals surface area contributed by atoms with Crippen molar-refractivity contribution in [1.29, 1.82) is 0 Å². The molecule has 0 aromatic heterocycles. The minimum absolute atomic E-state index is 0.725. The molecule has 0 aliphatic rings. The largest absolute Gasteiger partial charge is 0.349 e. The number of allylic oxidation sites excluding steroid dienone is 6. The monoisotopic (exact) mass is 230 g/mol. The normalized spacial score (nSPS) is 12.7. The summed E-state index contributed by atoms with van der Waals surface area (Å²) in [6.45, 7) is 9.27. The number of rotatable bonds is 4. The molecule has 2 N–H and O–H groups in total. The van der Waals surface area contributed by atoms with Gasteiger partial charge < -0.3 is 9.79 Å². The van der Waals surface area contributed by atoms with Crippen LogP contribution in [0.2, 0.25) is 0 Å². The molecule has 0 saturated carbocycles. The molecule has 0 spiro atoms. The van der Waals surface area contributed by atoms with Crippen LogP contribution in [0, 0.1) is 0 Å². The van der Waals surface area contributed by atoms with Crippen molar-refractivity contribution in [2.45, 2.75) is 20.8 Å². The van der Waals surface area contributed by atoms with Crippen molar-refractivity contribution >= 4 is 7.60 Å². The molecule has 0 atom stereocenters. The first-order valence-electron chi connectivity index (χ1n) is 4.69. The van der Waals surface area contributed by atoms with Crippen LogP contribution < -0.4 is 0 Å². The third-order valence-corrected chi connectivity index (χ3v) is 1.76. The van der Waals surface area contributed by atoms with Gasteiger partial charge in [-0.15, -0.1) is 0 Å². The molecule has 0 heterocycles. The average molecular weight is 230 g/mol. The fourth-order valence-corrected chi connectivity index (χ4v) is 0.977. The number of hydrogen-bond donors (Lipinski definition) is 2. The van der Waals surface area contributed by atoms with Crippen LogP contribution in [0.1, 0.15) is 20.8 Å². The van der Waals surface area contributed by atoms with Gasteiger partial charge in [-0.1, -0.05) is 44.7 Å². The predicted octanol–water partition coefficient (Wildman–Crippen LogP) is 3.39. The van der Waals surface area contributed by atoms with E-state index < -0.39 is 7.60 Å². The molecule has 0 unspecified atom stereocenters. The van der Waals surface area contributed by atoms with Crippen molar-refractivity contribution in [2.24, 2.45) is 0 Å². The molecule has 15 heavy (non-hydrogen) atoms. The van der Waals surface area contributed by atoms with Crippen LogP contribution in [0.3, 0.4) is 0 Å². The maximum Gasteiger partial charge on any atom is 0.349 e. The van der Waals surface area contributed by atoms with E-state index in [1.165, 1.54) is 6.08 Å². The third kappa shape index (κ3) is 13.1. The Morgan fingerprint density at radius 1 is 1.27 bits per heavy atom. The smallest absolute Gasteiger partial charge is 0.321 e. The molecule has 86 valence electrons. The van der Waals surface area contributed by atoms with Crippen LogP contribution >= 0.6 is 7.60 Å². The van der Waals surface area contributed by atoms with Gasteiger partial charge in [-0.2, -0.15) is 0 Å². The quantitative estimate of drug-likeness (QED) is 0.575. The van der Waals surface area contributed by atoms with E-state index in [1.807, 2.05) is 13.8 Å². The Kier molecular flexibility index (Phi) is 10.6. The summed E-state index contributed by atoms with van der Waals surface area (Å²) < 4.78 is 10.5. The first-order chi connectivity index (χ1) is 6.99. The lowest BCUT2D eigenvalue weighted by Crippen LogP contribution is -1.72. The molecule has 3 nitrogen and oxygen atoms in total. The minimum Gasteiger partial charge on any atom is -0.321 e. The Morgan fingerprint density at radius 3 is 2.13 bits per heavy atom. The fraction of sp³-hybridized carbons (Fsp3) is 0.273. The highest BCUT2D eigenvalue weighted by Crippen LogP contribution is 2.36. The van der Waals surface area contributed by atoms with Gasteiger partial charge in [-0.05, 0) is 18.6 Å². The molecular weight excluding hydrogens is 211 g/mol. The lowest BCUT2D eigenvalue weighted by molar-refractivity contribution is 0.386. The lowest BCUT2D eigenvalue weighted by Gasteiger charge is -1.94. The van der Waals surface area contributed by atoms with Gasteiger partial charge in [0, 0.05) is 5.82 Å².